The van der Waals surface area contributed by atoms with Crippen LogP contribution in [0.25, 0.3) is 0 Å². The van der Waals surface area contributed by atoms with Gasteiger partial charge in [-0.25, -0.2) is 0 Å². The molecule has 114 valence electrons. The normalized spacial score (nSPS) is 31.1. The number of carbonyl (C=O) groups is 2. The van der Waals surface area contributed by atoms with Crippen LogP contribution in [0.1, 0.15) is 32.6 Å². The molecule has 2 aliphatic rings. The lowest BCUT2D eigenvalue weighted by Gasteiger charge is -2.32. The zero-order chi connectivity index (χ0) is 14.5. The summed E-state index contributed by atoms with van der Waals surface area (Å²) >= 11 is 0. The molecule has 1 amide bonds. The van der Waals surface area contributed by atoms with Crippen molar-refractivity contribution in [2.45, 2.75) is 44.8 Å². The number of nitrogens with zero attached hydrogens (tertiary/aromatic N) is 1. The van der Waals surface area contributed by atoms with E-state index in [1.165, 1.54) is 0 Å². The molecule has 1 aliphatic heterocycles. The van der Waals surface area contributed by atoms with E-state index in [-0.39, 0.29) is 24.0 Å². The summed E-state index contributed by atoms with van der Waals surface area (Å²) in [6.45, 7) is 4.14. The Kier molecular flexibility index (Phi) is 5.37. The van der Waals surface area contributed by atoms with Crippen LogP contribution in [0, 0.1) is 5.92 Å². The molecule has 2 N–H and O–H groups in total. The van der Waals surface area contributed by atoms with E-state index in [0.29, 0.717) is 32.7 Å². The number of nitrogens with one attached hydrogen (secondary N) is 1. The van der Waals surface area contributed by atoms with Crippen LogP contribution in [0.5, 0.6) is 0 Å². The van der Waals surface area contributed by atoms with E-state index >= 15 is 0 Å². The fourth-order valence-electron chi connectivity index (χ4n) is 2.99. The molecule has 20 heavy (non-hydrogen) atoms. The van der Waals surface area contributed by atoms with Gasteiger partial charge in [-0.1, -0.05) is 6.42 Å². The molecule has 6 heteroatoms. The highest BCUT2D eigenvalue weighted by Gasteiger charge is 2.28. The highest BCUT2D eigenvalue weighted by atomic mass is 16.5. The zero-order valence-electron chi connectivity index (χ0n) is 12.0. The largest absolute Gasteiger partial charge is 0.481 e. The summed E-state index contributed by atoms with van der Waals surface area (Å²) in [5.41, 5.74) is 0. The molecule has 1 heterocycles. The number of hydrogen-bond donors (Lipinski definition) is 2. The van der Waals surface area contributed by atoms with Gasteiger partial charge >= 0.3 is 5.97 Å². The van der Waals surface area contributed by atoms with E-state index in [4.69, 9.17) is 9.84 Å². The van der Waals surface area contributed by atoms with Gasteiger partial charge in [0.1, 0.15) is 0 Å². The maximum Gasteiger partial charge on any atom is 0.306 e. The summed E-state index contributed by atoms with van der Waals surface area (Å²) in [4.78, 5) is 24.9. The summed E-state index contributed by atoms with van der Waals surface area (Å²) in [5.74, 6) is -0.901. The minimum atomic E-state index is -0.718. The van der Waals surface area contributed by atoms with Crippen LogP contribution in [0.3, 0.4) is 0 Å². The molecule has 6 nitrogen and oxygen atoms in total. The van der Waals surface area contributed by atoms with Gasteiger partial charge in [0.25, 0.3) is 0 Å². The van der Waals surface area contributed by atoms with E-state index in [1.807, 2.05) is 11.8 Å². The minimum Gasteiger partial charge on any atom is -0.481 e. The van der Waals surface area contributed by atoms with Crippen LogP contribution in [-0.4, -0.2) is 60.3 Å². The molecule has 2 rings (SSSR count). The van der Waals surface area contributed by atoms with Crippen molar-refractivity contribution in [3.05, 3.63) is 0 Å². The first-order chi connectivity index (χ1) is 9.56. The second kappa shape index (κ2) is 7.04. The van der Waals surface area contributed by atoms with Crippen molar-refractivity contribution in [2.24, 2.45) is 5.92 Å². The van der Waals surface area contributed by atoms with Crippen molar-refractivity contribution in [3.8, 4) is 0 Å². The lowest BCUT2D eigenvalue weighted by molar-refractivity contribution is -0.143. The first-order valence-electron chi connectivity index (χ1n) is 7.42. The van der Waals surface area contributed by atoms with E-state index in [2.05, 4.69) is 5.32 Å². The minimum absolute atomic E-state index is 0.0811. The molecule has 0 aromatic heterocycles. The molecular weight excluding hydrogens is 260 g/mol. The maximum absolute atomic E-state index is 12.1. The fourth-order valence-corrected chi connectivity index (χ4v) is 2.99. The van der Waals surface area contributed by atoms with Gasteiger partial charge in [-0.3, -0.25) is 9.59 Å². The average molecular weight is 284 g/mol. The average Bonchev–Trinajstić information content (AvgIpc) is 2.45. The van der Waals surface area contributed by atoms with Crippen molar-refractivity contribution >= 4 is 11.9 Å². The Hall–Kier alpha value is -1.14. The van der Waals surface area contributed by atoms with Crippen molar-refractivity contribution < 1.29 is 19.4 Å². The first-order valence-corrected chi connectivity index (χ1v) is 7.42. The number of rotatable bonds is 4. The number of morpholine rings is 1. The molecule has 0 radical (unpaired) electrons. The van der Waals surface area contributed by atoms with Crippen LogP contribution in [0.2, 0.25) is 0 Å². The highest BCUT2D eigenvalue weighted by Crippen LogP contribution is 2.24. The van der Waals surface area contributed by atoms with Gasteiger partial charge in [0.05, 0.1) is 25.2 Å². The van der Waals surface area contributed by atoms with Crippen molar-refractivity contribution in [1.29, 1.82) is 0 Å². The summed E-state index contributed by atoms with van der Waals surface area (Å²) in [5, 5.41) is 12.3. The molecule has 0 aromatic rings. The van der Waals surface area contributed by atoms with E-state index in [0.717, 1.165) is 19.3 Å². The van der Waals surface area contributed by atoms with E-state index in [1.54, 1.807) is 0 Å². The zero-order valence-corrected chi connectivity index (χ0v) is 12.0. The number of ether oxygens (including phenoxy) is 1. The summed E-state index contributed by atoms with van der Waals surface area (Å²) in [6, 6.07) is 0.146. The Morgan fingerprint density at radius 1 is 1.40 bits per heavy atom. The van der Waals surface area contributed by atoms with Gasteiger partial charge in [-0.15, -0.1) is 0 Å². The number of aliphatic carboxylic acids is 1. The highest BCUT2D eigenvalue weighted by molar-refractivity contribution is 5.78. The standard InChI is InChI=1S/C14H24N2O4/c1-10-9-16(5-6-20-10)13(17)8-15-12-4-2-3-11(7-12)14(18)19/h10-12,15H,2-9H2,1H3,(H,18,19). The number of carboxylic acids is 1. The van der Waals surface area contributed by atoms with Gasteiger partial charge in [0.2, 0.25) is 5.91 Å². The predicted octanol–water partition coefficient (Wildman–Crippen LogP) is 0.467. The number of carbonyl (C=O) groups excluding carboxylic acids is 1. The van der Waals surface area contributed by atoms with Crippen molar-refractivity contribution in [3.63, 3.8) is 0 Å². The molecular formula is C14H24N2O4. The SMILES string of the molecule is CC1CN(C(=O)CNC2CCCC(C(=O)O)C2)CCO1. The molecule has 1 saturated carbocycles. The fraction of sp³-hybridized carbons (Fsp3) is 0.857. The second-order valence-electron chi connectivity index (χ2n) is 5.80. The van der Waals surface area contributed by atoms with Crippen molar-refractivity contribution in [1.82, 2.24) is 10.2 Å². The van der Waals surface area contributed by atoms with Crippen molar-refractivity contribution in [2.75, 3.05) is 26.2 Å². The van der Waals surface area contributed by atoms with Crippen LogP contribution in [0.4, 0.5) is 0 Å². The molecule has 2 fully saturated rings. The quantitative estimate of drug-likeness (QED) is 0.784. The van der Waals surface area contributed by atoms with Crippen LogP contribution in [0.15, 0.2) is 0 Å². The van der Waals surface area contributed by atoms with Crippen LogP contribution >= 0.6 is 0 Å². The Bertz CT molecular complexity index is 361. The van der Waals surface area contributed by atoms with Gasteiger partial charge in [-0.05, 0) is 26.2 Å². The smallest absolute Gasteiger partial charge is 0.306 e. The monoisotopic (exact) mass is 284 g/mol. The maximum atomic E-state index is 12.1. The van der Waals surface area contributed by atoms with Gasteiger partial charge in [0.15, 0.2) is 0 Å². The predicted molar refractivity (Wildman–Crippen MR) is 73.4 cm³/mol. The van der Waals surface area contributed by atoms with Gasteiger partial charge in [0, 0.05) is 19.1 Å². The molecule has 1 saturated heterocycles. The molecule has 3 unspecified atom stereocenters. The summed E-state index contributed by atoms with van der Waals surface area (Å²) in [7, 11) is 0. The molecule has 1 aliphatic carbocycles. The topological polar surface area (TPSA) is 78.9 Å². The molecule has 0 bridgehead atoms. The summed E-state index contributed by atoms with van der Waals surface area (Å²) in [6.07, 6.45) is 3.34. The Labute approximate surface area is 119 Å². The van der Waals surface area contributed by atoms with E-state index in [9.17, 15) is 9.59 Å². The molecule has 0 spiro atoms. The van der Waals surface area contributed by atoms with E-state index < -0.39 is 5.97 Å². The number of carboxylic acid groups (broad SMARTS) is 1. The second-order valence-corrected chi connectivity index (χ2v) is 5.80. The summed E-state index contributed by atoms with van der Waals surface area (Å²) < 4.78 is 5.41. The van der Waals surface area contributed by atoms with Crippen LogP contribution < -0.4 is 5.32 Å². The number of amides is 1. The van der Waals surface area contributed by atoms with Gasteiger partial charge in [-0.2, -0.15) is 0 Å². The first kappa shape index (κ1) is 15.3. The Morgan fingerprint density at radius 3 is 2.90 bits per heavy atom. The third-order valence-electron chi connectivity index (χ3n) is 4.16. The number of hydrogen-bond acceptors (Lipinski definition) is 4. The molecule has 3 atom stereocenters. The van der Waals surface area contributed by atoms with Gasteiger partial charge < -0.3 is 20.1 Å². The molecule has 0 aromatic carbocycles. The third-order valence-corrected chi connectivity index (χ3v) is 4.16. The lowest BCUT2D eigenvalue weighted by atomic mass is 9.86. The Morgan fingerprint density at radius 2 is 2.20 bits per heavy atom. The van der Waals surface area contributed by atoms with Crippen LogP contribution in [-0.2, 0) is 14.3 Å². The lowest BCUT2D eigenvalue weighted by Crippen LogP contribution is -2.49. The Balaban J connectivity index is 1.74. The third kappa shape index (κ3) is 4.18.